The van der Waals surface area contributed by atoms with Gasteiger partial charge in [0.1, 0.15) is 5.75 Å². The average Bonchev–Trinajstić information content (AvgIpc) is 3.01. The Morgan fingerprint density at radius 2 is 2.00 bits per heavy atom. The molecule has 7 heteroatoms. The molecule has 1 aromatic rings. The minimum absolute atomic E-state index is 0.128. The molecule has 1 saturated heterocycles. The van der Waals surface area contributed by atoms with Crippen molar-refractivity contribution < 1.29 is 22.7 Å². The molecule has 1 heterocycles. The lowest BCUT2D eigenvalue weighted by Crippen LogP contribution is -2.33. The summed E-state index contributed by atoms with van der Waals surface area (Å²) in [7, 11) is 1.57. The van der Waals surface area contributed by atoms with Crippen LogP contribution in [0.3, 0.4) is 0 Å². The molecule has 1 aliphatic heterocycles. The van der Waals surface area contributed by atoms with Crippen molar-refractivity contribution in [2.45, 2.75) is 38.8 Å². The first-order chi connectivity index (χ1) is 14.2. The van der Waals surface area contributed by atoms with E-state index in [1.807, 2.05) is 6.07 Å². The molecule has 30 heavy (non-hydrogen) atoms. The van der Waals surface area contributed by atoms with Gasteiger partial charge in [0.2, 0.25) is 0 Å². The van der Waals surface area contributed by atoms with E-state index < -0.39 is 17.7 Å². The zero-order valence-corrected chi connectivity index (χ0v) is 17.4. The molecular formula is C23H27F3N2O2. The summed E-state index contributed by atoms with van der Waals surface area (Å²) in [5.74, 6) is 0.502. The number of Topliss-reactive ketones (excluding diaryl/α,β-unsaturated/α-hetero) is 1. The lowest BCUT2D eigenvalue weighted by Gasteiger charge is -2.33. The van der Waals surface area contributed by atoms with Crippen LogP contribution < -0.4 is 9.64 Å². The number of ether oxygens (including phenoxy) is 1. The first-order valence-corrected chi connectivity index (χ1v) is 10.1. The Bertz CT molecular complexity index is 881. The quantitative estimate of drug-likeness (QED) is 0.458. The SMILES string of the molecule is C=C/C(=C(/CC1Cc2cc(N3CCC(C)CC3)c(OC)cc2C1=O)N=C)C(F)(F)F. The maximum Gasteiger partial charge on any atom is 0.418 e. The van der Waals surface area contributed by atoms with Crippen molar-refractivity contribution in [3.05, 3.63) is 47.2 Å². The summed E-state index contributed by atoms with van der Waals surface area (Å²) < 4.78 is 45.3. The Balaban J connectivity index is 1.90. The fourth-order valence-electron chi connectivity index (χ4n) is 4.30. The highest BCUT2D eigenvalue weighted by Crippen LogP contribution is 2.41. The minimum atomic E-state index is -4.59. The van der Waals surface area contributed by atoms with E-state index in [2.05, 4.69) is 30.1 Å². The van der Waals surface area contributed by atoms with Crippen LogP contribution in [-0.4, -0.2) is 38.9 Å². The molecule has 0 bridgehead atoms. The summed E-state index contributed by atoms with van der Waals surface area (Å²) in [6.07, 6.45) is -1.44. The number of carbonyl (C=O) groups excluding carboxylic acids is 1. The highest BCUT2D eigenvalue weighted by molar-refractivity contribution is 6.03. The van der Waals surface area contributed by atoms with Gasteiger partial charge in [0.15, 0.2) is 5.78 Å². The lowest BCUT2D eigenvalue weighted by molar-refractivity contribution is -0.0892. The third-order valence-corrected chi connectivity index (χ3v) is 6.08. The van der Waals surface area contributed by atoms with E-state index in [0.29, 0.717) is 23.7 Å². The highest BCUT2D eigenvalue weighted by atomic mass is 19.4. The number of allylic oxidation sites excluding steroid dienone is 3. The van der Waals surface area contributed by atoms with Crippen LogP contribution >= 0.6 is 0 Å². The molecule has 0 aromatic heterocycles. The number of anilines is 1. The third kappa shape index (κ3) is 4.30. The number of hydrogen-bond donors (Lipinski definition) is 0. The molecule has 4 nitrogen and oxygen atoms in total. The summed E-state index contributed by atoms with van der Waals surface area (Å²) in [6.45, 7) is 10.6. The van der Waals surface area contributed by atoms with Crippen molar-refractivity contribution >= 4 is 18.2 Å². The van der Waals surface area contributed by atoms with Crippen LogP contribution in [0.1, 0.15) is 42.1 Å². The summed E-state index contributed by atoms with van der Waals surface area (Å²) in [4.78, 5) is 18.8. The van der Waals surface area contributed by atoms with Gasteiger partial charge in [-0.25, -0.2) is 0 Å². The molecule has 0 spiro atoms. The zero-order valence-electron chi connectivity index (χ0n) is 17.4. The molecule has 1 atom stereocenters. The number of piperidine rings is 1. The predicted molar refractivity (Wildman–Crippen MR) is 113 cm³/mol. The summed E-state index contributed by atoms with van der Waals surface area (Å²) >= 11 is 0. The van der Waals surface area contributed by atoms with Gasteiger partial charge in [-0.15, -0.1) is 0 Å². The van der Waals surface area contributed by atoms with E-state index in [-0.39, 0.29) is 17.9 Å². The average molecular weight is 420 g/mol. The number of carbonyl (C=O) groups is 1. The summed E-state index contributed by atoms with van der Waals surface area (Å²) in [5, 5.41) is 0. The van der Waals surface area contributed by atoms with Gasteiger partial charge in [-0.2, -0.15) is 13.2 Å². The highest BCUT2D eigenvalue weighted by Gasteiger charge is 2.38. The number of hydrogen-bond acceptors (Lipinski definition) is 4. The first kappa shape index (κ1) is 22.1. The van der Waals surface area contributed by atoms with Gasteiger partial charge >= 0.3 is 6.18 Å². The molecule has 0 radical (unpaired) electrons. The summed E-state index contributed by atoms with van der Waals surface area (Å²) in [6, 6.07) is 3.69. The Hall–Kier alpha value is -2.57. The van der Waals surface area contributed by atoms with Crippen molar-refractivity contribution in [1.82, 2.24) is 0 Å². The Kier molecular flexibility index (Phi) is 6.38. The van der Waals surface area contributed by atoms with Gasteiger partial charge in [0.05, 0.1) is 24.1 Å². The van der Waals surface area contributed by atoms with Gasteiger partial charge in [-0.05, 0) is 49.6 Å². The smallest absolute Gasteiger partial charge is 0.418 e. The number of alkyl halides is 3. The van der Waals surface area contributed by atoms with Crippen LogP contribution in [0.4, 0.5) is 18.9 Å². The van der Waals surface area contributed by atoms with Crippen molar-refractivity contribution in [3.63, 3.8) is 0 Å². The first-order valence-electron chi connectivity index (χ1n) is 10.1. The second-order valence-corrected chi connectivity index (χ2v) is 8.04. The van der Waals surface area contributed by atoms with Crippen molar-refractivity contribution in [2.75, 3.05) is 25.1 Å². The molecule has 0 saturated carbocycles. The minimum Gasteiger partial charge on any atom is -0.495 e. The number of halogens is 3. The molecule has 0 amide bonds. The van der Waals surface area contributed by atoms with Gasteiger partial charge < -0.3 is 9.64 Å². The van der Waals surface area contributed by atoms with Crippen molar-refractivity contribution in [1.29, 1.82) is 0 Å². The maximum atomic E-state index is 13.3. The molecule has 2 aliphatic rings. The number of fused-ring (bicyclic) bond motifs is 1. The molecule has 162 valence electrons. The monoisotopic (exact) mass is 420 g/mol. The third-order valence-electron chi connectivity index (χ3n) is 6.08. The normalized spacial score (nSPS) is 20.6. The van der Waals surface area contributed by atoms with Gasteiger partial charge in [-0.3, -0.25) is 9.79 Å². The fraction of sp³-hybridized carbons (Fsp3) is 0.478. The molecule has 1 aliphatic carbocycles. The van der Waals surface area contributed by atoms with Crippen LogP contribution in [0.2, 0.25) is 0 Å². The summed E-state index contributed by atoms with van der Waals surface area (Å²) in [5.41, 5.74) is 1.11. The van der Waals surface area contributed by atoms with Crippen LogP contribution in [-0.2, 0) is 6.42 Å². The Morgan fingerprint density at radius 3 is 2.53 bits per heavy atom. The lowest BCUT2D eigenvalue weighted by atomic mass is 9.96. The number of methoxy groups -OCH3 is 1. The van der Waals surface area contributed by atoms with Gasteiger partial charge in [0.25, 0.3) is 0 Å². The maximum absolute atomic E-state index is 13.3. The zero-order chi connectivity index (χ0) is 22.1. The predicted octanol–water partition coefficient (Wildman–Crippen LogP) is 5.38. The van der Waals surface area contributed by atoms with E-state index >= 15 is 0 Å². The van der Waals surface area contributed by atoms with E-state index in [0.717, 1.165) is 43.3 Å². The molecule has 3 rings (SSSR count). The molecule has 1 fully saturated rings. The molecular weight excluding hydrogens is 393 g/mol. The standard InChI is InChI=1S/C23H27F3N2O2/c1-5-18(23(24,25)26)19(27-3)11-16-10-15-12-20(28-8-6-14(2)7-9-28)21(30-4)13-17(15)22(16)29/h5,12-14,16H,1,3,6-11H2,2,4H3/b19-18+. The number of rotatable bonds is 6. The van der Waals surface area contributed by atoms with Gasteiger partial charge in [-0.1, -0.05) is 19.6 Å². The Morgan fingerprint density at radius 1 is 1.33 bits per heavy atom. The van der Waals surface area contributed by atoms with Gasteiger partial charge in [0, 0.05) is 31.0 Å². The fourth-order valence-corrected chi connectivity index (χ4v) is 4.30. The van der Waals surface area contributed by atoms with Crippen molar-refractivity contribution in [2.24, 2.45) is 16.8 Å². The number of nitrogens with zero attached hydrogens (tertiary/aromatic N) is 2. The van der Waals surface area contributed by atoms with E-state index in [4.69, 9.17) is 4.74 Å². The van der Waals surface area contributed by atoms with E-state index in [9.17, 15) is 18.0 Å². The van der Waals surface area contributed by atoms with Crippen LogP contribution in [0.25, 0.3) is 0 Å². The topological polar surface area (TPSA) is 41.9 Å². The number of benzene rings is 1. The van der Waals surface area contributed by atoms with Crippen LogP contribution in [0, 0.1) is 11.8 Å². The van der Waals surface area contributed by atoms with E-state index in [1.54, 1.807) is 13.2 Å². The van der Waals surface area contributed by atoms with Crippen molar-refractivity contribution in [3.8, 4) is 5.75 Å². The number of ketones is 1. The largest absolute Gasteiger partial charge is 0.495 e. The second kappa shape index (κ2) is 8.66. The van der Waals surface area contributed by atoms with Crippen LogP contribution in [0.5, 0.6) is 5.75 Å². The molecule has 0 N–H and O–H groups in total. The van der Waals surface area contributed by atoms with Crippen LogP contribution in [0.15, 0.2) is 41.1 Å². The molecule has 1 unspecified atom stereocenters. The van der Waals surface area contributed by atoms with E-state index in [1.165, 1.54) is 0 Å². The molecule has 1 aromatic carbocycles. The second-order valence-electron chi connectivity index (χ2n) is 8.04. The number of aliphatic imine (C=N–C) groups is 1. The Labute approximate surface area is 175 Å².